The first-order valence-electron chi connectivity index (χ1n) is 5.11. The van der Waals surface area contributed by atoms with Gasteiger partial charge in [0.2, 0.25) is 0 Å². The molecule has 0 spiro atoms. The number of rotatable bonds is 6. The summed E-state index contributed by atoms with van der Waals surface area (Å²) in [6.45, 7) is 2.05. The summed E-state index contributed by atoms with van der Waals surface area (Å²) < 4.78 is 0. The van der Waals surface area contributed by atoms with Crippen molar-refractivity contribution >= 4 is 17.7 Å². The summed E-state index contributed by atoms with van der Waals surface area (Å²) in [5, 5.41) is 17.8. The van der Waals surface area contributed by atoms with Crippen molar-refractivity contribution in [1.29, 1.82) is 0 Å². The van der Waals surface area contributed by atoms with Crippen molar-refractivity contribution in [1.82, 2.24) is 0 Å². The molecule has 0 radical (unpaired) electrons. The quantitative estimate of drug-likeness (QED) is 0.799. The number of carbonyl (C=O) groups is 1. The van der Waals surface area contributed by atoms with Crippen LogP contribution in [0.5, 0.6) is 0 Å². The molecule has 0 amide bonds. The standard InChI is InChI=1S/C12H16O3S/c1-9-4-2-3-5-10(9)7-16-8-11(13)6-12(14)15/h2-5,11,13H,6-8H2,1H3,(H,14,15). The summed E-state index contributed by atoms with van der Waals surface area (Å²) >= 11 is 1.56. The molecule has 0 heterocycles. The second kappa shape index (κ2) is 6.55. The molecule has 1 atom stereocenters. The van der Waals surface area contributed by atoms with Crippen LogP contribution in [0, 0.1) is 6.92 Å². The van der Waals surface area contributed by atoms with Crippen LogP contribution in [-0.2, 0) is 10.5 Å². The van der Waals surface area contributed by atoms with Gasteiger partial charge < -0.3 is 10.2 Å². The molecule has 0 fully saturated rings. The van der Waals surface area contributed by atoms with Gasteiger partial charge in [-0.2, -0.15) is 11.8 Å². The molecule has 0 aromatic heterocycles. The van der Waals surface area contributed by atoms with Gasteiger partial charge in [-0.05, 0) is 18.1 Å². The van der Waals surface area contributed by atoms with Crippen LogP contribution in [0.25, 0.3) is 0 Å². The molecule has 0 aliphatic carbocycles. The zero-order chi connectivity index (χ0) is 12.0. The number of hydrogen-bond donors (Lipinski definition) is 2. The summed E-state index contributed by atoms with van der Waals surface area (Å²) in [5.41, 5.74) is 2.46. The molecule has 2 N–H and O–H groups in total. The molecule has 0 bridgehead atoms. The van der Waals surface area contributed by atoms with E-state index in [4.69, 9.17) is 5.11 Å². The van der Waals surface area contributed by atoms with E-state index in [0.29, 0.717) is 5.75 Å². The Labute approximate surface area is 99.5 Å². The molecule has 1 rings (SSSR count). The van der Waals surface area contributed by atoms with Gasteiger partial charge in [-0.1, -0.05) is 24.3 Å². The fourth-order valence-electron chi connectivity index (χ4n) is 1.34. The Bertz CT molecular complexity index is 352. The summed E-state index contributed by atoms with van der Waals surface area (Å²) in [5.74, 6) is 0.313. The molecule has 4 heteroatoms. The first-order chi connectivity index (χ1) is 7.59. The van der Waals surface area contributed by atoms with Gasteiger partial charge in [-0.3, -0.25) is 4.79 Å². The molecule has 0 aliphatic heterocycles. The Morgan fingerprint density at radius 2 is 2.12 bits per heavy atom. The van der Waals surface area contributed by atoms with Crippen molar-refractivity contribution in [2.45, 2.75) is 25.2 Å². The third-order valence-corrected chi connectivity index (χ3v) is 3.37. The van der Waals surface area contributed by atoms with Gasteiger partial charge >= 0.3 is 5.97 Å². The van der Waals surface area contributed by atoms with Gasteiger partial charge in [-0.15, -0.1) is 0 Å². The minimum Gasteiger partial charge on any atom is -0.481 e. The normalized spacial score (nSPS) is 12.4. The Hall–Kier alpha value is -1.00. The lowest BCUT2D eigenvalue weighted by atomic mass is 10.1. The minimum atomic E-state index is -0.955. The van der Waals surface area contributed by atoms with Gasteiger partial charge in [-0.25, -0.2) is 0 Å². The SMILES string of the molecule is Cc1ccccc1CSCC(O)CC(=O)O. The van der Waals surface area contributed by atoms with E-state index in [9.17, 15) is 9.90 Å². The molecular weight excluding hydrogens is 224 g/mol. The average Bonchev–Trinajstić information content (AvgIpc) is 2.19. The second-order valence-corrected chi connectivity index (χ2v) is 4.72. The van der Waals surface area contributed by atoms with Crippen molar-refractivity contribution in [2.24, 2.45) is 0 Å². The predicted molar refractivity (Wildman–Crippen MR) is 65.6 cm³/mol. The van der Waals surface area contributed by atoms with E-state index in [1.807, 2.05) is 31.2 Å². The van der Waals surface area contributed by atoms with Crippen molar-refractivity contribution in [2.75, 3.05) is 5.75 Å². The highest BCUT2D eigenvalue weighted by Gasteiger charge is 2.09. The van der Waals surface area contributed by atoms with Crippen LogP contribution >= 0.6 is 11.8 Å². The number of hydrogen-bond acceptors (Lipinski definition) is 3. The van der Waals surface area contributed by atoms with Crippen LogP contribution in [0.15, 0.2) is 24.3 Å². The summed E-state index contributed by atoms with van der Waals surface area (Å²) in [4.78, 5) is 10.3. The number of benzene rings is 1. The number of aryl methyl sites for hydroxylation is 1. The topological polar surface area (TPSA) is 57.5 Å². The van der Waals surface area contributed by atoms with Crippen LogP contribution in [0.3, 0.4) is 0 Å². The van der Waals surface area contributed by atoms with Crippen molar-refractivity contribution in [3.8, 4) is 0 Å². The Morgan fingerprint density at radius 1 is 1.44 bits per heavy atom. The molecule has 0 saturated heterocycles. The number of thioether (sulfide) groups is 1. The third kappa shape index (κ3) is 4.68. The lowest BCUT2D eigenvalue weighted by Crippen LogP contribution is -2.15. The number of carboxylic acids is 1. The molecule has 1 aromatic rings. The number of carboxylic acid groups (broad SMARTS) is 1. The Morgan fingerprint density at radius 3 is 2.75 bits per heavy atom. The molecule has 3 nitrogen and oxygen atoms in total. The predicted octanol–water partition coefficient (Wildman–Crippen LogP) is 2.06. The average molecular weight is 240 g/mol. The van der Waals surface area contributed by atoms with Crippen LogP contribution in [0.1, 0.15) is 17.5 Å². The maximum absolute atomic E-state index is 10.3. The zero-order valence-corrected chi connectivity index (χ0v) is 10.0. The molecule has 16 heavy (non-hydrogen) atoms. The highest BCUT2D eigenvalue weighted by Crippen LogP contribution is 2.17. The Balaban J connectivity index is 2.30. The van der Waals surface area contributed by atoms with E-state index in [0.717, 1.165) is 5.75 Å². The lowest BCUT2D eigenvalue weighted by Gasteiger charge is -2.08. The van der Waals surface area contributed by atoms with Crippen molar-refractivity contribution < 1.29 is 15.0 Å². The summed E-state index contributed by atoms with van der Waals surface area (Å²) in [6.07, 6.45) is -0.938. The van der Waals surface area contributed by atoms with Gasteiger partial charge in [0.15, 0.2) is 0 Å². The fraction of sp³-hybridized carbons (Fsp3) is 0.417. The van der Waals surface area contributed by atoms with E-state index >= 15 is 0 Å². The van der Waals surface area contributed by atoms with E-state index in [1.54, 1.807) is 11.8 Å². The van der Waals surface area contributed by atoms with Gasteiger partial charge in [0.1, 0.15) is 0 Å². The molecule has 0 aliphatic rings. The van der Waals surface area contributed by atoms with Gasteiger partial charge in [0, 0.05) is 11.5 Å². The fourth-order valence-corrected chi connectivity index (χ4v) is 2.39. The first-order valence-corrected chi connectivity index (χ1v) is 6.27. The first kappa shape index (κ1) is 13.1. The van der Waals surface area contributed by atoms with E-state index in [1.165, 1.54) is 11.1 Å². The van der Waals surface area contributed by atoms with Crippen LogP contribution in [-0.4, -0.2) is 28.0 Å². The van der Waals surface area contributed by atoms with Gasteiger partial charge in [0.05, 0.1) is 12.5 Å². The minimum absolute atomic E-state index is 0.180. The third-order valence-electron chi connectivity index (χ3n) is 2.24. The van der Waals surface area contributed by atoms with Crippen LogP contribution < -0.4 is 0 Å². The number of aliphatic carboxylic acids is 1. The van der Waals surface area contributed by atoms with E-state index in [2.05, 4.69) is 0 Å². The summed E-state index contributed by atoms with van der Waals surface area (Å²) in [7, 11) is 0. The smallest absolute Gasteiger partial charge is 0.306 e. The Kier molecular flexibility index (Phi) is 5.35. The molecule has 1 aromatic carbocycles. The van der Waals surface area contributed by atoms with Crippen LogP contribution in [0.2, 0.25) is 0 Å². The highest BCUT2D eigenvalue weighted by molar-refractivity contribution is 7.98. The van der Waals surface area contributed by atoms with Crippen molar-refractivity contribution in [3.05, 3.63) is 35.4 Å². The van der Waals surface area contributed by atoms with Crippen molar-refractivity contribution in [3.63, 3.8) is 0 Å². The largest absolute Gasteiger partial charge is 0.481 e. The maximum atomic E-state index is 10.3. The second-order valence-electron chi connectivity index (χ2n) is 3.69. The molecular formula is C12H16O3S. The molecule has 88 valence electrons. The number of aliphatic hydroxyl groups excluding tert-OH is 1. The van der Waals surface area contributed by atoms with E-state index < -0.39 is 12.1 Å². The molecule has 1 unspecified atom stereocenters. The summed E-state index contributed by atoms with van der Waals surface area (Å²) in [6, 6.07) is 8.06. The van der Waals surface area contributed by atoms with E-state index in [-0.39, 0.29) is 6.42 Å². The van der Waals surface area contributed by atoms with Gasteiger partial charge in [0.25, 0.3) is 0 Å². The van der Waals surface area contributed by atoms with Crippen LogP contribution in [0.4, 0.5) is 0 Å². The molecule has 0 saturated carbocycles. The lowest BCUT2D eigenvalue weighted by molar-refractivity contribution is -0.138. The zero-order valence-electron chi connectivity index (χ0n) is 9.22. The number of aliphatic hydroxyl groups is 1. The maximum Gasteiger partial charge on any atom is 0.306 e. The monoisotopic (exact) mass is 240 g/mol. The highest BCUT2D eigenvalue weighted by atomic mass is 32.2.